The van der Waals surface area contributed by atoms with Crippen LogP contribution in [0.1, 0.15) is 5.56 Å². The van der Waals surface area contributed by atoms with Crippen LogP contribution in [0.4, 0.5) is 18.9 Å². The molecule has 140 valence electrons. The molecule has 12 heteroatoms. The molecule has 0 spiro atoms. The van der Waals surface area contributed by atoms with E-state index in [2.05, 4.69) is 4.18 Å². The van der Waals surface area contributed by atoms with Gasteiger partial charge in [-0.2, -0.15) is 21.6 Å². The molecule has 0 aliphatic carbocycles. The van der Waals surface area contributed by atoms with E-state index in [-0.39, 0.29) is 5.75 Å². The van der Waals surface area contributed by atoms with E-state index in [0.29, 0.717) is 0 Å². The Morgan fingerprint density at radius 1 is 1.12 bits per heavy atom. The Bertz CT molecular complexity index is 933. The SMILES string of the molecule is O=[N+]([O-])c1ccc(Oc2ccccc2C(F)(F)F)cc1OS(=O)(=O)CCl. The second kappa shape index (κ2) is 7.38. The Kier molecular flexibility index (Phi) is 5.62. The number of nitro groups is 1. The standard InChI is InChI=1S/C14H9ClF3NO6S/c15-8-26(22,23)25-13-7-9(5-6-11(13)19(20)21)24-12-4-2-1-3-10(12)14(16,17)18/h1-7H,8H2. The maximum atomic E-state index is 13.0. The van der Waals surface area contributed by atoms with E-state index in [1.807, 2.05) is 0 Å². The minimum Gasteiger partial charge on any atom is -0.457 e. The van der Waals surface area contributed by atoms with Crippen molar-refractivity contribution in [3.8, 4) is 17.2 Å². The first-order chi connectivity index (χ1) is 12.0. The number of alkyl halides is 4. The first-order valence-corrected chi connectivity index (χ1v) is 8.75. The van der Waals surface area contributed by atoms with Crippen molar-refractivity contribution < 1.29 is 35.4 Å². The number of para-hydroxylation sites is 1. The Hall–Kier alpha value is -2.53. The van der Waals surface area contributed by atoms with E-state index in [4.69, 9.17) is 16.3 Å². The number of hydrogen-bond donors (Lipinski definition) is 0. The molecule has 0 heterocycles. The molecular weight excluding hydrogens is 403 g/mol. The van der Waals surface area contributed by atoms with Crippen molar-refractivity contribution in [1.82, 2.24) is 0 Å². The number of nitro benzene ring substituents is 1. The van der Waals surface area contributed by atoms with E-state index < -0.39 is 49.2 Å². The number of hydrogen-bond acceptors (Lipinski definition) is 6. The second-order valence-electron chi connectivity index (χ2n) is 4.73. The van der Waals surface area contributed by atoms with Crippen molar-refractivity contribution in [2.24, 2.45) is 0 Å². The lowest BCUT2D eigenvalue weighted by molar-refractivity contribution is -0.385. The van der Waals surface area contributed by atoms with Gasteiger partial charge in [-0.1, -0.05) is 12.1 Å². The van der Waals surface area contributed by atoms with Gasteiger partial charge in [-0.05, 0) is 18.2 Å². The molecule has 2 aromatic carbocycles. The smallest absolute Gasteiger partial charge is 0.419 e. The largest absolute Gasteiger partial charge is 0.457 e. The van der Waals surface area contributed by atoms with Crippen LogP contribution in [0.15, 0.2) is 42.5 Å². The number of benzene rings is 2. The number of halogens is 4. The minimum absolute atomic E-state index is 0.299. The van der Waals surface area contributed by atoms with Gasteiger partial charge in [0, 0.05) is 12.1 Å². The van der Waals surface area contributed by atoms with Gasteiger partial charge in [0.05, 0.1) is 10.5 Å². The zero-order chi connectivity index (χ0) is 19.5. The molecule has 7 nitrogen and oxygen atoms in total. The molecule has 0 saturated heterocycles. The van der Waals surface area contributed by atoms with Crippen molar-refractivity contribution >= 4 is 27.4 Å². The van der Waals surface area contributed by atoms with Crippen molar-refractivity contribution in [3.63, 3.8) is 0 Å². The van der Waals surface area contributed by atoms with Crippen LogP contribution in [0, 0.1) is 10.1 Å². The second-order valence-corrected chi connectivity index (χ2v) is 6.89. The third-order valence-electron chi connectivity index (χ3n) is 2.90. The fraction of sp³-hybridized carbons (Fsp3) is 0.143. The van der Waals surface area contributed by atoms with E-state index in [0.717, 1.165) is 36.4 Å². The van der Waals surface area contributed by atoms with Gasteiger partial charge in [0.25, 0.3) is 0 Å². The molecule has 0 radical (unpaired) electrons. The van der Waals surface area contributed by atoms with Crippen molar-refractivity contribution in [2.45, 2.75) is 6.18 Å². The van der Waals surface area contributed by atoms with E-state index in [1.165, 1.54) is 6.07 Å². The lowest BCUT2D eigenvalue weighted by atomic mass is 10.2. The van der Waals surface area contributed by atoms with Crippen LogP contribution in [0.25, 0.3) is 0 Å². The molecule has 0 amide bonds. The molecule has 0 unspecified atom stereocenters. The molecule has 2 rings (SSSR count). The lowest BCUT2D eigenvalue weighted by Gasteiger charge is -2.14. The van der Waals surface area contributed by atoms with Gasteiger partial charge in [0.1, 0.15) is 11.5 Å². The summed E-state index contributed by atoms with van der Waals surface area (Å²) in [7, 11) is -4.32. The highest BCUT2D eigenvalue weighted by atomic mass is 35.5. The van der Waals surface area contributed by atoms with Gasteiger partial charge in [-0.25, -0.2) is 0 Å². The Morgan fingerprint density at radius 2 is 1.77 bits per heavy atom. The number of ether oxygens (including phenoxy) is 1. The van der Waals surface area contributed by atoms with E-state index in [9.17, 15) is 31.7 Å². The van der Waals surface area contributed by atoms with Gasteiger partial charge in [0.15, 0.2) is 5.21 Å². The average Bonchev–Trinajstić information content (AvgIpc) is 2.54. The molecule has 0 bridgehead atoms. The third-order valence-corrected chi connectivity index (χ3v) is 4.40. The summed E-state index contributed by atoms with van der Waals surface area (Å²) >= 11 is 5.18. The molecule has 0 fully saturated rings. The van der Waals surface area contributed by atoms with Gasteiger partial charge in [-0.15, -0.1) is 11.6 Å². The zero-order valence-electron chi connectivity index (χ0n) is 12.6. The Labute approximate surface area is 150 Å². The van der Waals surface area contributed by atoms with Crippen LogP contribution in [0.3, 0.4) is 0 Å². The normalized spacial score (nSPS) is 11.8. The predicted molar refractivity (Wildman–Crippen MR) is 84.9 cm³/mol. The summed E-state index contributed by atoms with van der Waals surface area (Å²) in [5.41, 5.74) is -1.80. The molecule has 0 aliphatic rings. The van der Waals surface area contributed by atoms with Crippen molar-refractivity contribution in [1.29, 1.82) is 0 Å². The molecule has 0 aliphatic heterocycles. The summed E-state index contributed by atoms with van der Waals surface area (Å²) in [4.78, 5) is 10.0. The molecular formula is C14H9ClF3NO6S. The van der Waals surface area contributed by atoms with Crippen LogP contribution < -0.4 is 8.92 Å². The fourth-order valence-corrected chi connectivity index (χ4v) is 2.44. The maximum absolute atomic E-state index is 13.0. The highest BCUT2D eigenvalue weighted by molar-refractivity contribution is 7.88. The molecule has 0 saturated carbocycles. The van der Waals surface area contributed by atoms with Crippen LogP contribution in [0.2, 0.25) is 0 Å². The fourth-order valence-electron chi connectivity index (χ4n) is 1.85. The van der Waals surface area contributed by atoms with Crippen LogP contribution in [-0.4, -0.2) is 18.6 Å². The molecule has 2 aromatic rings. The van der Waals surface area contributed by atoms with E-state index >= 15 is 0 Å². The van der Waals surface area contributed by atoms with E-state index in [1.54, 1.807) is 0 Å². The summed E-state index contributed by atoms with van der Waals surface area (Å²) in [5, 5.41) is 9.98. The average molecular weight is 412 g/mol. The Balaban J connectivity index is 2.45. The van der Waals surface area contributed by atoms with Crippen LogP contribution in [-0.2, 0) is 16.3 Å². The Morgan fingerprint density at radius 3 is 2.35 bits per heavy atom. The van der Waals surface area contributed by atoms with Crippen LogP contribution in [0.5, 0.6) is 17.2 Å². The molecule has 26 heavy (non-hydrogen) atoms. The molecule has 0 atom stereocenters. The third kappa shape index (κ3) is 4.76. The summed E-state index contributed by atoms with van der Waals surface area (Å²) in [6.07, 6.45) is -4.70. The number of rotatable bonds is 6. The van der Waals surface area contributed by atoms with Crippen molar-refractivity contribution in [2.75, 3.05) is 5.21 Å². The van der Waals surface area contributed by atoms with Gasteiger partial charge in [-0.3, -0.25) is 10.1 Å². The monoisotopic (exact) mass is 411 g/mol. The molecule has 0 aromatic heterocycles. The number of nitrogens with zero attached hydrogens (tertiary/aromatic N) is 1. The topological polar surface area (TPSA) is 95.7 Å². The zero-order valence-corrected chi connectivity index (χ0v) is 14.1. The summed E-state index contributed by atoms with van der Waals surface area (Å²) < 4.78 is 71.4. The minimum atomic E-state index is -4.70. The summed E-state index contributed by atoms with van der Waals surface area (Å²) in [5.74, 6) is -1.61. The quantitative estimate of drug-likeness (QED) is 0.304. The van der Waals surface area contributed by atoms with Gasteiger partial charge in [0.2, 0.25) is 5.75 Å². The highest BCUT2D eigenvalue weighted by Gasteiger charge is 2.34. The molecule has 0 N–H and O–H groups in total. The highest BCUT2D eigenvalue weighted by Crippen LogP contribution is 2.39. The maximum Gasteiger partial charge on any atom is 0.419 e. The summed E-state index contributed by atoms with van der Waals surface area (Å²) in [6.45, 7) is 0. The van der Waals surface area contributed by atoms with Gasteiger partial charge < -0.3 is 8.92 Å². The van der Waals surface area contributed by atoms with Crippen LogP contribution >= 0.6 is 11.6 Å². The van der Waals surface area contributed by atoms with Gasteiger partial charge >= 0.3 is 22.0 Å². The first-order valence-electron chi connectivity index (χ1n) is 6.64. The summed E-state index contributed by atoms with van der Waals surface area (Å²) in [6, 6.07) is 6.92. The first kappa shape index (κ1) is 19.8. The predicted octanol–water partition coefficient (Wildman–Crippen LogP) is 4.31. The van der Waals surface area contributed by atoms with Crippen molar-refractivity contribution in [3.05, 3.63) is 58.1 Å². The lowest BCUT2D eigenvalue weighted by Crippen LogP contribution is -2.11.